The fourth-order valence-electron chi connectivity index (χ4n) is 3.57. The number of amides is 3. The lowest BCUT2D eigenvalue weighted by Crippen LogP contribution is -2.38. The normalized spacial score (nSPS) is 14.5. The van der Waals surface area contributed by atoms with Crippen molar-refractivity contribution >= 4 is 17.8 Å². The second kappa shape index (κ2) is 8.82. The molecule has 2 N–H and O–H groups in total. The summed E-state index contributed by atoms with van der Waals surface area (Å²) >= 11 is 0. The van der Waals surface area contributed by atoms with Gasteiger partial charge in [-0.3, -0.25) is 14.8 Å². The Labute approximate surface area is 171 Å². The third-order valence-electron chi connectivity index (χ3n) is 5.09. The Morgan fingerprint density at radius 1 is 1.21 bits per heavy atom. The smallest absolute Gasteiger partial charge is 0.320 e. The highest BCUT2D eigenvalue weighted by Crippen LogP contribution is 2.29. The molecule has 3 amide bonds. The van der Waals surface area contributed by atoms with Gasteiger partial charge in [-0.05, 0) is 50.3 Å². The highest BCUT2D eigenvalue weighted by molar-refractivity contribution is 5.95. The lowest BCUT2D eigenvalue weighted by atomic mass is 9.89. The molecule has 3 rings (SSSR count). The van der Waals surface area contributed by atoms with E-state index < -0.39 is 0 Å². The maximum Gasteiger partial charge on any atom is 0.320 e. The molecule has 1 aromatic heterocycles. The molecule has 2 aromatic rings. The van der Waals surface area contributed by atoms with Crippen molar-refractivity contribution in [2.45, 2.75) is 38.6 Å². The summed E-state index contributed by atoms with van der Waals surface area (Å²) in [6.07, 6.45) is 7.23. The molecule has 1 saturated heterocycles. The van der Waals surface area contributed by atoms with Crippen LogP contribution >= 0.6 is 0 Å². The van der Waals surface area contributed by atoms with E-state index in [4.69, 9.17) is 6.42 Å². The first kappa shape index (κ1) is 20.5. The average Bonchev–Trinajstić information content (AvgIpc) is 3.06. The van der Waals surface area contributed by atoms with Crippen LogP contribution in [0.25, 0.3) is 0 Å². The van der Waals surface area contributed by atoms with Crippen molar-refractivity contribution in [3.63, 3.8) is 0 Å². The summed E-state index contributed by atoms with van der Waals surface area (Å²) in [5, 5.41) is 9.63. The number of terminal acetylenes is 1. The third kappa shape index (κ3) is 4.96. The van der Waals surface area contributed by atoms with E-state index in [-0.39, 0.29) is 18.0 Å². The highest BCUT2D eigenvalue weighted by Gasteiger charge is 2.26. The first-order valence-corrected chi connectivity index (χ1v) is 9.84. The number of nitrogens with zero attached hydrogens (tertiary/aromatic N) is 3. The molecule has 0 saturated carbocycles. The third-order valence-corrected chi connectivity index (χ3v) is 5.09. The number of carbonyl (C=O) groups excluding carboxylic acids is 2. The van der Waals surface area contributed by atoms with Crippen molar-refractivity contribution < 1.29 is 9.59 Å². The number of urea groups is 1. The Hall–Kier alpha value is -3.27. The van der Waals surface area contributed by atoms with Gasteiger partial charge in [-0.2, -0.15) is 5.10 Å². The minimum Gasteiger partial charge on any atom is -0.337 e. The summed E-state index contributed by atoms with van der Waals surface area (Å²) in [4.78, 5) is 26.6. The molecule has 1 aromatic carbocycles. The maximum atomic E-state index is 12.9. The summed E-state index contributed by atoms with van der Waals surface area (Å²) in [7, 11) is 1.71. The molecule has 152 valence electrons. The lowest BCUT2D eigenvalue weighted by Gasteiger charge is -2.32. The molecule has 0 unspecified atom stereocenters. The fraction of sp³-hybridized carbons (Fsp3) is 0.409. The van der Waals surface area contributed by atoms with Gasteiger partial charge in [0.2, 0.25) is 0 Å². The van der Waals surface area contributed by atoms with Crippen molar-refractivity contribution in [2.24, 2.45) is 7.05 Å². The number of aryl methyl sites for hydroxylation is 1. The molecule has 1 aliphatic rings. The van der Waals surface area contributed by atoms with Crippen molar-refractivity contribution in [3.8, 4) is 12.3 Å². The molecule has 7 nitrogen and oxygen atoms in total. The number of carbonyl (C=O) groups is 2. The van der Waals surface area contributed by atoms with E-state index in [9.17, 15) is 9.59 Å². The molecular formula is C22H27N5O2. The molecule has 7 heteroatoms. The highest BCUT2D eigenvalue weighted by atomic mass is 16.2. The van der Waals surface area contributed by atoms with E-state index in [1.165, 1.54) is 10.2 Å². The van der Waals surface area contributed by atoms with Gasteiger partial charge < -0.3 is 10.2 Å². The van der Waals surface area contributed by atoms with Gasteiger partial charge in [0.05, 0.1) is 0 Å². The van der Waals surface area contributed by atoms with Crippen molar-refractivity contribution in [2.75, 3.05) is 18.4 Å². The number of anilines is 1. The maximum absolute atomic E-state index is 12.9. The van der Waals surface area contributed by atoms with Gasteiger partial charge >= 0.3 is 6.03 Å². The van der Waals surface area contributed by atoms with Crippen LogP contribution in [0.3, 0.4) is 0 Å². The van der Waals surface area contributed by atoms with Crippen LogP contribution in [0.1, 0.15) is 54.2 Å². The van der Waals surface area contributed by atoms with E-state index in [1.54, 1.807) is 13.1 Å². The van der Waals surface area contributed by atoms with Crippen LogP contribution in [0.15, 0.2) is 30.3 Å². The zero-order valence-electron chi connectivity index (χ0n) is 17.1. The Balaban J connectivity index is 1.60. The van der Waals surface area contributed by atoms with Crippen molar-refractivity contribution in [3.05, 3.63) is 47.2 Å². The van der Waals surface area contributed by atoms with Crippen LogP contribution in [0, 0.1) is 12.3 Å². The number of hydrogen-bond acceptors (Lipinski definition) is 3. The predicted octanol–water partition coefficient (Wildman–Crippen LogP) is 2.95. The zero-order chi connectivity index (χ0) is 21.0. The van der Waals surface area contributed by atoms with Gasteiger partial charge in [-0.15, -0.1) is 6.42 Å². The number of benzene rings is 1. The van der Waals surface area contributed by atoms with Gasteiger partial charge in [-0.25, -0.2) is 4.79 Å². The van der Waals surface area contributed by atoms with Crippen LogP contribution in [-0.2, 0) is 7.05 Å². The van der Waals surface area contributed by atoms with Gasteiger partial charge in [0.25, 0.3) is 5.91 Å². The van der Waals surface area contributed by atoms with E-state index >= 15 is 0 Å². The van der Waals surface area contributed by atoms with Gasteiger partial charge in [0.15, 0.2) is 5.82 Å². The fourth-order valence-corrected chi connectivity index (χ4v) is 3.57. The largest absolute Gasteiger partial charge is 0.337 e. The molecule has 1 aliphatic heterocycles. The Morgan fingerprint density at radius 2 is 1.86 bits per heavy atom. The minimum absolute atomic E-state index is 0.0175. The van der Waals surface area contributed by atoms with Crippen LogP contribution < -0.4 is 10.6 Å². The summed E-state index contributed by atoms with van der Waals surface area (Å²) in [6.45, 7) is 5.12. The average molecular weight is 393 g/mol. The Kier molecular flexibility index (Phi) is 6.23. The van der Waals surface area contributed by atoms with Gasteiger partial charge in [0, 0.05) is 37.8 Å². The van der Waals surface area contributed by atoms with E-state index in [0.717, 1.165) is 18.4 Å². The number of hydrogen-bond donors (Lipinski definition) is 2. The van der Waals surface area contributed by atoms with Crippen LogP contribution in [0.5, 0.6) is 0 Å². The van der Waals surface area contributed by atoms with E-state index in [0.29, 0.717) is 30.5 Å². The molecule has 0 radical (unpaired) electrons. The van der Waals surface area contributed by atoms with Crippen LogP contribution in [-0.4, -0.2) is 45.8 Å². The number of nitrogens with one attached hydrogen (secondary N) is 2. The molecular weight excluding hydrogens is 366 g/mol. The topological polar surface area (TPSA) is 79.3 Å². The van der Waals surface area contributed by atoms with Crippen LogP contribution in [0.2, 0.25) is 0 Å². The lowest BCUT2D eigenvalue weighted by molar-refractivity contribution is 0.0702. The molecule has 29 heavy (non-hydrogen) atoms. The predicted molar refractivity (Wildman–Crippen MR) is 113 cm³/mol. The molecule has 0 spiro atoms. The second-order valence-electron chi connectivity index (χ2n) is 7.62. The van der Waals surface area contributed by atoms with Crippen molar-refractivity contribution in [1.29, 1.82) is 0 Å². The first-order chi connectivity index (χ1) is 13.9. The summed E-state index contributed by atoms with van der Waals surface area (Å²) in [5.74, 6) is 3.35. The molecule has 0 atom stereocenters. The first-order valence-electron chi connectivity index (χ1n) is 9.84. The minimum atomic E-state index is -0.339. The molecule has 1 fully saturated rings. The summed E-state index contributed by atoms with van der Waals surface area (Å²) < 4.78 is 1.51. The SMILES string of the molecule is C#Cc1ccc(C2CCN(C(=O)c3cc(NC(=O)NC(C)C)nn3C)CC2)cc1. The second-order valence-corrected chi connectivity index (χ2v) is 7.62. The monoisotopic (exact) mass is 393 g/mol. The molecule has 0 aliphatic carbocycles. The number of piperidine rings is 1. The summed E-state index contributed by atoms with van der Waals surface area (Å²) in [6, 6.07) is 9.39. The molecule has 2 heterocycles. The van der Waals surface area contributed by atoms with Crippen LogP contribution in [0.4, 0.5) is 10.6 Å². The van der Waals surface area contributed by atoms with E-state index in [1.807, 2.05) is 30.9 Å². The van der Waals surface area contributed by atoms with Gasteiger partial charge in [0.1, 0.15) is 5.69 Å². The number of rotatable bonds is 4. The quantitative estimate of drug-likeness (QED) is 0.784. The Bertz CT molecular complexity index is 916. The number of aromatic nitrogens is 2. The van der Waals surface area contributed by atoms with Crippen molar-refractivity contribution in [1.82, 2.24) is 20.0 Å². The van der Waals surface area contributed by atoms with E-state index in [2.05, 4.69) is 33.8 Å². The zero-order valence-corrected chi connectivity index (χ0v) is 17.1. The van der Waals surface area contributed by atoms with Gasteiger partial charge in [-0.1, -0.05) is 18.1 Å². The number of likely N-dealkylation sites (tertiary alicyclic amines) is 1. The standard InChI is InChI=1S/C22H27N5O2/c1-5-16-6-8-17(9-7-16)18-10-12-27(13-11-18)21(28)19-14-20(25-26(19)4)24-22(29)23-15(2)3/h1,6-9,14-15,18H,10-13H2,2-4H3,(H2,23,24,25,29). The summed E-state index contributed by atoms with van der Waals surface area (Å²) in [5.41, 5.74) is 2.60. The molecule has 0 bridgehead atoms. The Morgan fingerprint density at radius 3 is 2.45 bits per heavy atom.